The number of amides is 5. The number of carboxylic acid groups (broad SMARTS) is 1. The lowest BCUT2D eigenvalue weighted by Crippen LogP contribution is -2.42. The first-order valence-electron chi connectivity index (χ1n) is 23.2. The second kappa shape index (κ2) is 24.0. The number of aromatic nitrogens is 4. The van der Waals surface area contributed by atoms with Gasteiger partial charge < -0.3 is 36.3 Å². The molecule has 2 aromatic carbocycles. The Morgan fingerprint density at radius 2 is 1.09 bits per heavy atom. The number of carbonyl (C=O) groups is 6. The van der Waals surface area contributed by atoms with Crippen LogP contribution in [0, 0.1) is 11.6 Å². The first kappa shape index (κ1) is 52.8. The molecule has 0 radical (unpaired) electrons. The molecule has 75 heavy (non-hydrogen) atoms. The van der Waals surface area contributed by atoms with Gasteiger partial charge in [0.1, 0.15) is 23.7 Å². The quantitative estimate of drug-likeness (QED) is 0.0631. The van der Waals surface area contributed by atoms with Crippen LogP contribution in [0.3, 0.4) is 0 Å². The van der Waals surface area contributed by atoms with Gasteiger partial charge >= 0.3 is 30.0 Å². The van der Waals surface area contributed by atoms with Gasteiger partial charge in [0.05, 0.1) is 46.5 Å². The number of hydrogen-bond donors (Lipinski definition) is 9. The lowest BCUT2D eigenvalue weighted by molar-refractivity contribution is -0.140. The molecule has 6 aromatic rings. The molecule has 10 rings (SSSR count). The molecule has 4 aromatic heterocycles. The van der Waals surface area contributed by atoms with E-state index in [9.17, 15) is 37.5 Å². The molecule has 2 aliphatic heterocycles. The van der Waals surface area contributed by atoms with Gasteiger partial charge in [-0.05, 0) is 84.3 Å². The highest BCUT2D eigenvalue weighted by Gasteiger charge is 2.31. The van der Waals surface area contributed by atoms with Gasteiger partial charge in [0.25, 0.3) is 5.91 Å². The standard InChI is InChI=1S/C25H22ClFN6O4.C21H17ClFN5O3.C4H7NO2/c26-17-11-13(23(34)30-20-8-10-37-24(20)35)12-29-22(17)32-33-25(36)31-21-15-3-1-5-18(27)14(15)6-7-19-16(21)4-2-9-28-19;22-15-9-11(20(29)30)10-25-19(15)27-28-21(31)26-18-13-3-1-5-16(23)12(13)6-7-17-14(18)4-2-8-24-17;5-3-1-2-7-4(3)6/h1-5,9,11-12,20-21H,6-8,10H2,(H,29,32)(H,30,34)(H2,31,33,36);1-5,8-10,18H,6-7H2,(H,25,27)(H,29,30)(H2,26,28,31);3H,1-2,5H2. The second-order valence-electron chi connectivity index (χ2n) is 17.0. The molecule has 0 spiro atoms. The van der Waals surface area contributed by atoms with Crippen LogP contribution in [0.4, 0.5) is 30.0 Å². The summed E-state index contributed by atoms with van der Waals surface area (Å²) in [5.41, 5.74) is 20.8. The number of urea groups is 2. The zero-order valence-electron chi connectivity index (χ0n) is 39.3. The van der Waals surface area contributed by atoms with E-state index >= 15 is 0 Å². The normalized spacial score (nSPS) is 17.8. The number of rotatable bonds is 9. The largest absolute Gasteiger partial charge is 0.478 e. The third-order valence-electron chi connectivity index (χ3n) is 12.2. The van der Waals surface area contributed by atoms with Gasteiger partial charge in [-0.25, -0.2) is 37.9 Å². The third kappa shape index (κ3) is 12.8. The molecule has 4 unspecified atom stereocenters. The second-order valence-corrected chi connectivity index (χ2v) is 17.8. The minimum Gasteiger partial charge on any atom is -0.478 e. The Balaban J connectivity index is 0.000000178. The third-order valence-corrected chi connectivity index (χ3v) is 12.8. The average Bonchev–Trinajstić information content (AvgIpc) is 3.89. The van der Waals surface area contributed by atoms with Crippen LogP contribution in [-0.4, -0.2) is 86.2 Å². The Hall–Kier alpha value is -8.54. The van der Waals surface area contributed by atoms with E-state index in [0.29, 0.717) is 67.4 Å². The van der Waals surface area contributed by atoms with Gasteiger partial charge in [0.15, 0.2) is 11.6 Å². The molecule has 5 amide bonds. The number of cyclic esters (lactones) is 2. The van der Waals surface area contributed by atoms with E-state index < -0.39 is 48.0 Å². The van der Waals surface area contributed by atoms with Gasteiger partial charge in [0.2, 0.25) is 0 Å². The number of esters is 2. The fraction of sp³-hybridized carbons (Fsp3) is 0.240. The van der Waals surface area contributed by atoms with Crippen molar-refractivity contribution in [1.29, 1.82) is 0 Å². The maximum absolute atomic E-state index is 14.6. The van der Waals surface area contributed by atoms with Crippen molar-refractivity contribution >= 4 is 70.7 Å². The number of benzene rings is 2. The topological polar surface area (TPSA) is 303 Å². The van der Waals surface area contributed by atoms with Crippen LogP contribution >= 0.6 is 23.2 Å². The lowest BCUT2D eigenvalue weighted by atomic mass is 9.96. The zero-order valence-corrected chi connectivity index (χ0v) is 40.8. The Labute approximate surface area is 435 Å². The van der Waals surface area contributed by atoms with E-state index in [1.54, 1.807) is 48.8 Å². The Bertz CT molecular complexity index is 3180. The highest BCUT2D eigenvalue weighted by Crippen LogP contribution is 2.34. The molecule has 21 nitrogen and oxygen atoms in total. The summed E-state index contributed by atoms with van der Waals surface area (Å²) in [6, 6.07) is 15.9. The minimum absolute atomic E-state index is 0.0247. The van der Waals surface area contributed by atoms with Crippen LogP contribution in [0.25, 0.3) is 0 Å². The number of aromatic carboxylic acids is 1. The van der Waals surface area contributed by atoms with Crippen molar-refractivity contribution in [2.45, 2.75) is 62.7 Å². The molecule has 388 valence electrons. The number of ether oxygens (including phenoxy) is 2. The zero-order chi connectivity index (χ0) is 53.2. The summed E-state index contributed by atoms with van der Waals surface area (Å²) in [4.78, 5) is 87.4. The number of nitrogens with one attached hydrogen (secondary N) is 7. The van der Waals surface area contributed by atoms with E-state index in [-0.39, 0.29) is 63.1 Å². The van der Waals surface area contributed by atoms with Crippen LogP contribution in [0.5, 0.6) is 0 Å². The molecular formula is C50H46Cl2F2N12O9. The van der Waals surface area contributed by atoms with Crippen molar-refractivity contribution in [2.75, 3.05) is 24.1 Å². The Morgan fingerprint density at radius 1 is 0.613 bits per heavy atom. The summed E-state index contributed by atoms with van der Waals surface area (Å²) >= 11 is 12.3. The van der Waals surface area contributed by atoms with E-state index in [0.717, 1.165) is 28.7 Å². The number of anilines is 2. The maximum atomic E-state index is 14.6. The number of hydrogen-bond acceptors (Lipinski definition) is 15. The number of nitrogens with two attached hydrogens (primary N) is 1. The molecule has 10 N–H and O–H groups in total. The van der Waals surface area contributed by atoms with Crippen LogP contribution < -0.4 is 43.4 Å². The Kier molecular flexibility index (Phi) is 16.9. The van der Waals surface area contributed by atoms with Gasteiger partial charge in [-0.3, -0.25) is 41.3 Å². The summed E-state index contributed by atoms with van der Waals surface area (Å²) in [7, 11) is 0. The number of nitrogens with zero attached hydrogens (tertiary/aromatic N) is 4. The lowest BCUT2D eigenvalue weighted by Gasteiger charge is -2.22. The molecule has 4 aliphatic rings. The number of halogens is 4. The first-order chi connectivity index (χ1) is 36.1. The van der Waals surface area contributed by atoms with Crippen LogP contribution in [-0.2, 0) is 44.7 Å². The van der Waals surface area contributed by atoms with Gasteiger partial charge in [-0.2, -0.15) is 0 Å². The Morgan fingerprint density at radius 3 is 1.53 bits per heavy atom. The molecule has 2 saturated heterocycles. The number of carbonyl (C=O) groups excluding carboxylic acids is 5. The van der Waals surface area contributed by atoms with Crippen molar-refractivity contribution in [2.24, 2.45) is 5.73 Å². The molecular weight excluding hydrogens is 1020 g/mol. The van der Waals surface area contributed by atoms with Crippen molar-refractivity contribution in [3.05, 3.63) is 175 Å². The van der Waals surface area contributed by atoms with E-state index in [4.69, 9.17) is 38.8 Å². The fourth-order valence-electron chi connectivity index (χ4n) is 8.44. The number of pyridine rings is 4. The highest BCUT2D eigenvalue weighted by atomic mass is 35.5. The molecule has 0 bridgehead atoms. The van der Waals surface area contributed by atoms with E-state index in [2.05, 4.69) is 62.3 Å². The predicted octanol–water partition coefficient (Wildman–Crippen LogP) is 5.57. The monoisotopic (exact) mass is 1070 g/mol. The van der Waals surface area contributed by atoms with E-state index in [1.807, 2.05) is 12.1 Å². The van der Waals surface area contributed by atoms with Crippen LogP contribution in [0.1, 0.15) is 90.4 Å². The predicted molar refractivity (Wildman–Crippen MR) is 266 cm³/mol. The minimum atomic E-state index is -1.17. The SMILES string of the molecule is NC1CCOC1=O.O=C(NNc1ncc(C(=O)NC2CCOC2=O)cc1Cl)NC1c2cccnc2CCc2c(F)cccc21.O=C(NNc1ncc(C(=O)O)cc1Cl)NC1c2cccnc2CCc2c(F)cccc21. The number of fused-ring (bicyclic) bond motifs is 4. The number of aryl methyl sites for hydroxylation is 2. The van der Waals surface area contributed by atoms with Crippen molar-refractivity contribution in [3.8, 4) is 0 Å². The van der Waals surface area contributed by atoms with Crippen molar-refractivity contribution < 1.29 is 52.1 Å². The molecule has 2 aliphatic carbocycles. The first-order valence-corrected chi connectivity index (χ1v) is 23.9. The van der Waals surface area contributed by atoms with Gasteiger partial charge in [-0.15, -0.1) is 0 Å². The smallest absolute Gasteiger partial charge is 0.337 e. The van der Waals surface area contributed by atoms with E-state index in [1.165, 1.54) is 30.5 Å². The van der Waals surface area contributed by atoms with Crippen molar-refractivity contribution in [3.63, 3.8) is 0 Å². The molecule has 4 atom stereocenters. The number of hydrazine groups is 2. The number of carboxylic acids is 1. The fourth-order valence-corrected chi connectivity index (χ4v) is 8.87. The maximum Gasteiger partial charge on any atom is 0.337 e. The summed E-state index contributed by atoms with van der Waals surface area (Å²) < 4.78 is 38.4. The van der Waals surface area contributed by atoms with Crippen LogP contribution in [0.15, 0.2) is 97.6 Å². The van der Waals surface area contributed by atoms with Crippen LogP contribution in [0.2, 0.25) is 10.0 Å². The summed E-state index contributed by atoms with van der Waals surface area (Å²) in [6.07, 6.45) is 8.81. The molecule has 2 fully saturated rings. The highest BCUT2D eigenvalue weighted by molar-refractivity contribution is 6.33. The molecule has 6 heterocycles. The molecule has 0 saturated carbocycles. The summed E-state index contributed by atoms with van der Waals surface area (Å²) in [5, 5.41) is 17.3. The summed E-state index contributed by atoms with van der Waals surface area (Å²) in [6.45, 7) is 0.753. The summed E-state index contributed by atoms with van der Waals surface area (Å²) in [5.74, 6) is -2.93. The van der Waals surface area contributed by atoms with Crippen molar-refractivity contribution in [1.82, 2.24) is 46.7 Å². The average molecular weight is 1070 g/mol. The van der Waals surface area contributed by atoms with Gasteiger partial charge in [0, 0.05) is 60.1 Å². The molecule has 25 heteroatoms. The van der Waals surface area contributed by atoms with Gasteiger partial charge in [-0.1, -0.05) is 59.6 Å².